The predicted octanol–water partition coefficient (Wildman–Crippen LogP) is 2.11. The third kappa shape index (κ3) is 7.62. The highest BCUT2D eigenvalue weighted by atomic mass is 19.1. The van der Waals surface area contributed by atoms with Crippen molar-refractivity contribution >= 4 is 11.8 Å². The topological polar surface area (TPSA) is 76.7 Å². The highest BCUT2D eigenvalue weighted by Crippen LogP contribution is 2.16. The molecule has 2 N–H and O–H groups in total. The lowest BCUT2D eigenvalue weighted by Gasteiger charge is -2.20. The Balaban J connectivity index is 1.69. The van der Waals surface area contributed by atoms with E-state index in [1.165, 1.54) is 26.2 Å². The molecule has 6 nitrogen and oxygen atoms in total. The van der Waals surface area contributed by atoms with E-state index < -0.39 is 6.04 Å². The molecule has 1 aromatic rings. The molecule has 0 bridgehead atoms. The molecule has 28 heavy (non-hydrogen) atoms. The lowest BCUT2D eigenvalue weighted by Crippen LogP contribution is -2.49. The monoisotopic (exact) mass is 390 g/mol. The van der Waals surface area contributed by atoms with Gasteiger partial charge in [-0.3, -0.25) is 9.59 Å². The summed E-state index contributed by atoms with van der Waals surface area (Å²) in [4.78, 5) is 23.4. The first-order valence-corrected chi connectivity index (χ1v) is 9.21. The van der Waals surface area contributed by atoms with Gasteiger partial charge < -0.3 is 20.1 Å². The fraction of sp³-hybridized carbons (Fsp3) is 0.429. The number of carbonyl (C=O) groups excluding carboxylic acids is 2. The van der Waals surface area contributed by atoms with E-state index in [0.717, 1.165) is 17.6 Å². The summed E-state index contributed by atoms with van der Waals surface area (Å²) >= 11 is 0. The minimum Gasteiger partial charge on any atom is -0.382 e. The zero-order valence-electron chi connectivity index (χ0n) is 16.2. The molecule has 0 aromatic heterocycles. The van der Waals surface area contributed by atoms with Crippen LogP contribution >= 0.6 is 0 Å². The van der Waals surface area contributed by atoms with E-state index in [9.17, 15) is 14.0 Å². The van der Waals surface area contributed by atoms with Crippen LogP contribution in [0, 0.1) is 11.7 Å². The summed E-state index contributed by atoms with van der Waals surface area (Å²) in [5.41, 5.74) is 1.99. The zero-order chi connectivity index (χ0) is 20.4. The smallest absolute Gasteiger partial charge is 0.245 e. The van der Waals surface area contributed by atoms with Gasteiger partial charge in [-0.15, -0.1) is 0 Å². The first kappa shape index (κ1) is 21.8. The molecule has 2 amide bonds. The number of halogens is 1. The van der Waals surface area contributed by atoms with Crippen molar-refractivity contribution in [3.8, 4) is 0 Å². The van der Waals surface area contributed by atoms with Crippen LogP contribution in [0.4, 0.5) is 4.39 Å². The molecule has 0 saturated heterocycles. The molecule has 1 aliphatic rings. The van der Waals surface area contributed by atoms with Crippen LogP contribution in [0.5, 0.6) is 0 Å². The van der Waals surface area contributed by atoms with Gasteiger partial charge in [0.25, 0.3) is 0 Å². The third-order valence-electron chi connectivity index (χ3n) is 4.28. The number of allylic oxidation sites excluding steroid dienone is 1. The van der Waals surface area contributed by atoms with E-state index >= 15 is 0 Å². The Labute approximate surface area is 164 Å². The predicted molar refractivity (Wildman–Crippen MR) is 104 cm³/mol. The normalized spacial score (nSPS) is 17.0. The van der Waals surface area contributed by atoms with Crippen LogP contribution in [0.15, 0.2) is 48.1 Å². The summed E-state index contributed by atoms with van der Waals surface area (Å²) in [6, 6.07) is 5.55. The number of rotatable bonds is 10. The fourth-order valence-corrected chi connectivity index (χ4v) is 2.78. The average Bonchev–Trinajstić information content (AvgIpc) is 2.68. The maximum atomic E-state index is 12.9. The lowest BCUT2D eigenvalue weighted by molar-refractivity contribution is -0.129. The largest absolute Gasteiger partial charge is 0.382 e. The molecule has 0 aliphatic heterocycles. The van der Waals surface area contributed by atoms with E-state index in [1.807, 2.05) is 12.2 Å². The standard InChI is InChI=1S/C21H27FN2O4/c1-15(25)24-20(14-27-2)21(26)23-11-16-3-5-17(6-4-16)12-28-13-18-7-9-19(22)10-8-18/h3,5-10,16,20H,4,11-14H2,1-2H3,(H,23,26)(H,24,25)/t16?,20-/m1/s1. The van der Waals surface area contributed by atoms with Crippen molar-refractivity contribution in [1.82, 2.24) is 10.6 Å². The van der Waals surface area contributed by atoms with Crippen LogP contribution in [0.25, 0.3) is 0 Å². The molecule has 1 unspecified atom stereocenters. The molecule has 2 atom stereocenters. The van der Waals surface area contributed by atoms with Crippen LogP contribution in [0.3, 0.4) is 0 Å². The second-order valence-electron chi connectivity index (χ2n) is 6.71. The summed E-state index contributed by atoms with van der Waals surface area (Å²) in [6.07, 6.45) is 6.91. The van der Waals surface area contributed by atoms with Gasteiger partial charge in [0.15, 0.2) is 0 Å². The van der Waals surface area contributed by atoms with Gasteiger partial charge in [0.2, 0.25) is 11.8 Å². The molecule has 0 spiro atoms. The molecule has 1 aromatic carbocycles. The van der Waals surface area contributed by atoms with Crippen LogP contribution in [0.1, 0.15) is 18.9 Å². The van der Waals surface area contributed by atoms with Gasteiger partial charge >= 0.3 is 0 Å². The first-order valence-electron chi connectivity index (χ1n) is 9.21. The summed E-state index contributed by atoms with van der Waals surface area (Å²) in [7, 11) is 1.48. The van der Waals surface area contributed by atoms with Crippen molar-refractivity contribution in [2.75, 3.05) is 26.9 Å². The summed E-state index contributed by atoms with van der Waals surface area (Å²) in [5, 5.41) is 5.42. The summed E-state index contributed by atoms with van der Waals surface area (Å²) in [6.45, 7) is 2.88. The number of benzene rings is 1. The van der Waals surface area contributed by atoms with Crippen molar-refractivity contribution < 1.29 is 23.5 Å². The molecule has 0 heterocycles. The molecule has 0 fully saturated rings. The minimum absolute atomic E-state index is 0.126. The number of methoxy groups -OCH3 is 1. The Morgan fingerprint density at radius 1 is 1.25 bits per heavy atom. The molecular weight excluding hydrogens is 363 g/mol. The van der Waals surface area contributed by atoms with Crippen LogP contribution in [0.2, 0.25) is 0 Å². The van der Waals surface area contributed by atoms with Gasteiger partial charge in [-0.1, -0.05) is 30.4 Å². The average molecular weight is 390 g/mol. The maximum absolute atomic E-state index is 12.9. The molecule has 2 rings (SSSR count). The van der Waals surface area contributed by atoms with Crippen LogP contribution in [-0.4, -0.2) is 44.7 Å². The van der Waals surface area contributed by atoms with Crippen molar-refractivity contribution in [3.63, 3.8) is 0 Å². The Morgan fingerprint density at radius 3 is 2.61 bits per heavy atom. The van der Waals surface area contributed by atoms with Crippen LogP contribution in [-0.2, 0) is 25.7 Å². The second-order valence-corrected chi connectivity index (χ2v) is 6.71. The molecule has 0 saturated carbocycles. The molecule has 152 valence electrons. The van der Waals surface area contributed by atoms with E-state index in [1.54, 1.807) is 12.1 Å². The Hall–Kier alpha value is -2.51. The molecule has 7 heteroatoms. The molecule has 0 radical (unpaired) electrons. The lowest BCUT2D eigenvalue weighted by atomic mass is 9.97. The van der Waals surface area contributed by atoms with Crippen molar-refractivity contribution in [3.05, 3.63) is 59.4 Å². The van der Waals surface area contributed by atoms with Gasteiger partial charge in [0.05, 0.1) is 19.8 Å². The van der Waals surface area contributed by atoms with E-state index in [0.29, 0.717) is 19.8 Å². The Morgan fingerprint density at radius 2 is 2.00 bits per heavy atom. The van der Waals surface area contributed by atoms with E-state index in [2.05, 4.69) is 16.7 Å². The SMILES string of the molecule is COC[C@@H](NC(C)=O)C(=O)NCC1C=CC(COCc2ccc(F)cc2)=CC1. The number of nitrogens with one attached hydrogen (secondary N) is 2. The number of carbonyl (C=O) groups is 2. The van der Waals surface area contributed by atoms with Gasteiger partial charge in [0, 0.05) is 20.6 Å². The maximum Gasteiger partial charge on any atom is 0.245 e. The van der Waals surface area contributed by atoms with Gasteiger partial charge in [0.1, 0.15) is 11.9 Å². The highest BCUT2D eigenvalue weighted by molar-refractivity contribution is 5.86. The van der Waals surface area contributed by atoms with Gasteiger partial charge in [-0.25, -0.2) is 4.39 Å². The summed E-state index contributed by atoms with van der Waals surface area (Å²) in [5.74, 6) is -0.610. The Kier molecular flexibility index (Phi) is 8.84. The first-order chi connectivity index (χ1) is 13.5. The molecule has 1 aliphatic carbocycles. The van der Waals surface area contributed by atoms with E-state index in [4.69, 9.17) is 9.47 Å². The van der Waals surface area contributed by atoms with Gasteiger partial charge in [-0.2, -0.15) is 0 Å². The van der Waals surface area contributed by atoms with E-state index in [-0.39, 0.29) is 30.2 Å². The number of hydrogen-bond acceptors (Lipinski definition) is 4. The number of hydrogen-bond donors (Lipinski definition) is 2. The Bertz CT molecular complexity index is 716. The minimum atomic E-state index is -0.693. The van der Waals surface area contributed by atoms with Crippen molar-refractivity contribution in [2.24, 2.45) is 5.92 Å². The number of amides is 2. The third-order valence-corrected chi connectivity index (χ3v) is 4.28. The quantitative estimate of drug-likeness (QED) is 0.642. The molecular formula is C21H27FN2O4. The van der Waals surface area contributed by atoms with Crippen molar-refractivity contribution in [2.45, 2.75) is 26.0 Å². The van der Waals surface area contributed by atoms with Gasteiger partial charge in [-0.05, 0) is 35.6 Å². The van der Waals surface area contributed by atoms with Crippen molar-refractivity contribution in [1.29, 1.82) is 0 Å². The zero-order valence-corrected chi connectivity index (χ0v) is 16.2. The highest BCUT2D eigenvalue weighted by Gasteiger charge is 2.20. The van der Waals surface area contributed by atoms with Crippen LogP contribution < -0.4 is 10.6 Å². The number of ether oxygens (including phenoxy) is 2. The fourth-order valence-electron chi connectivity index (χ4n) is 2.78. The summed E-state index contributed by atoms with van der Waals surface area (Å²) < 4.78 is 23.5. The second kappa shape index (κ2) is 11.4.